The highest BCUT2D eigenvalue weighted by atomic mass is 16.5. The molecule has 0 fully saturated rings. The number of amides is 1. The smallest absolute Gasteiger partial charge is 0.341 e. The highest BCUT2D eigenvalue weighted by Crippen LogP contribution is 2.15. The molecule has 20 heavy (non-hydrogen) atoms. The zero-order chi connectivity index (χ0) is 15.0. The van der Waals surface area contributed by atoms with Crippen molar-refractivity contribution in [2.24, 2.45) is 5.73 Å². The molecule has 4 N–H and O–H groups in total. The summed E-state index contributed by atoms with van der Waals surface area (Å²) in [6.45, 7) is 0.00412. The number of nitrogens with two attached hydrogens (primary N) is 1. The first kappa shape index (κ1) is 15.9. The third kappa shape index (κ3) is 5.68. The molecule has 0 aromatic heterocycles. The van der Waals surface area contributed by atoms with E-state index in [2.05, 4.69) is 5.32 Å². The van der Waals surface area contributed by atoms with Gasteiger partial charge in [0.25, 0.3) is 0 Å². The Morgan fingerprint density at radius 1 is 1.35 bits per heavy atom. The molecule has 0 spiro atoms. The molecular weight excluding hydrogens is 264 g/mol. The van der Waals surface area contributed by atoms with Crippen LogP contribution >= 0.6 is 0 Å². The Balaban J connectivity index is 2.48. The molecule has 0 radical (unpaired) electrons. The molecule has 0 aliphatic carbocycles. The van der Waals surface area contributed by atoms with Crippen LogP contribution in [0.2, 0.25) is 0 Å². The predicted octanol–water partition coefficient (Wildman–Crippen LogP) is 0.452. The molecule has 1 aromatic carbocycles. The van der Waals surface area contributed by atoms with Crippen LogP contribution in [0.1, 0.15) is 6.42 Å². The largest absolute Gasteiger partial charge is 0.482 e. The highest BCUT2D eigenvalue weighted by molar-refractivity contribution is 5.94. The Bertz CT molecular complexity index is 447. The number of carbonyl (C=O) groups excluding carboxylic acids is 1. The van der Waals surface area contributed by atoms with Crippen LogP contribution in [0.4, 0.5) is 5.69 Å². The molecule has 0 aliphatic rings. The summed E-state index contributed by atoms with van der Waals surface area (Å²) in [6.07, 6.45) is 0.433. The number of benzene rings is 1. The number of anilines is 1. The van der Waals surface area contributed by atoms with Gasteiger partial charge in [0.05, 0.1) is 6.04 Å². The van der Waals surface area contributed by atoms with Crippen molar-refractivity contribution in [3.8, 4) is 5.75 Å². The van der Waals surface area contributed by atoms with Crippen molar-refractivity contribution in [2.75, 3.05) is 25.6 Å². The number of carboxylic acids is 1. The Kier molecular flexibility index (Phi) is 6.48. The first-order valence-electron chi connectivity index (χ1n) is 6.03. The minimum Gasteiger partial charge on any atom is -0.482 e. The van der Waals surface area contributed by atoms with Crippen molar-refractivity contribution in [1.82, 2.24) is 0 Å². The van der Waals surface area contributed by atoms with Gasteiger partial charge in [-0.25, -0.2) is 4.79 Å². The van der Waals surface area contributed by atoms with E-state index in [0.29, 0.717) is 24.5 Å². The first-order valence-corrected chi connectivity index (χ1v) is 6.03. The number of carboxylic acid groups (broad SMARTS) is 1. The topological polar surface area (TPSA) is 111 Å². The first-order chi connectivity index (χ1) is 9.52. The molecule has 1 amide bonds. The van der Waals surface area contributed by atoms with E-state index in [9.17, 15) is 9.59 Å². The van der Waals surface area contributed by atoms with Gasteiger partial charge in [-0.3, -0.25) is 4.79 Å². The van der Waals surface area contributed by atoms with Gasteiger partial charge in [-0.2, -0.15) is 0 Å². The summed E-state index contributed by atoms with van der Waals surface area (Å²) in [5, 5.41) is 11.1. The monoisotopic (exact) mass is 282 g/mol. The van der Waals surface area contributed by atoms with Crippen LogP contribution < -0.4 is 15.8 Å². The van der Waals surface area contributed by atoms with Crippen molar-refractivity contribution >= 4 is 17.6 Å². The predicted molar refractivity (Wildman–Crippen MR) is 72.7 cm³/mol. The van der Waals surface area contributed by atoms with Gasteiger partial charge in [0, 0.05) is 19.4 Å². The quantitative estimate of drug-likeness (QED) is 0.638. The Morgan fingerprint density at radius 2 is 2.00 bits per heavy atom. The van der Waals surface area contributed by atoms with Gasteiger partial charge < -0.3 is 25.6 Å². The molecule has 1 unspecified atom stereocenters. The van der Waals surface area contributed by atoms with Crippen molar-refractivity contribution in [1.29, 1.82) is 0 Å². The van der Waals surface area contributed by atoms with Crippen LogP contribution in [-0.4, -0.2) is 43.3 Å². The molecule has 1 atom stereocenters. The van der Waals surface area contributed by atoms with Gasteiger partial charge in [-0.15, -0.1) is 0 Å². The summed E-state index contributed by atoms with van der Waals surface area (Å²) in [5.74, 6) is -0.943. The third-order valence-electron chi connectivity index (χ3n) is 2.45. The Hall–Kier alpha value is -2.12. The van der Waals surface area contributed by atoms with Crippen LogP contribution in [0.25, 0.3) is 0 Å². The number of rotatable bonds is 8. The fourth-order valence-electron chi connectivity index (χ4n) is 1.39. The molecule has 0 heterocycles. The lowest BCUT2D eigenvalue weighted by molar-refractivity contribution is -0.139. The summed E-state index contributed by atoms with van der Waals surface area (Å²) >= 11 is 0. The van der Waals surface area contributed by atoms with E-state index in [1.54, 1.807) is 31.4 Å². The lowest BCUT2D eigenvalue weighted by atomic mass is 10.2. The van der Waals surface area contributed by atoms with Gasteiger partial charge in [0.2, 0.25) is 5.91 Å². The lowest BCUT2D eigenvalue weighted by Gasteiger charge is -2.12. The van der Waals surface area contributed by atoms with Crippen LogP contribution in [-0.2, 0) is 14.3 Å². The number of carbonyl (C=O) groups is 2. The fraction of sp³-hybridized carbons (Fsp3) is 0.385. The second-order valence-electron chi connectivity index (χ2n) is 4.08. The van der Waals surface area contributed by atoms with E-state index >= 15 is 0 Å². The maximum Gasteiger partial charge on any atom is 0.341 e. The number of methoxy groups -OCH3 is 1. The SMILES string of the molecule is COCCC(N)C(=O)Nc1ccc(OCC(=O)O)cc1. The maximum absolute atomic E-state index is 11.7. The van der Waals surface area contributed by atoms with Crippen LogP contribution in [0.3, 0.4) is 0 Å². The van der Waals surface area contributed by atoms with Crippen molar-refractivity contribution < 1.29 is 24.2 Å². The Morgan fingerprint density at radius 3 is 2.55 bits per heavy atom. The third-order valence-corrected chi connectivity index (χ3v) is 2.45. The van der Waals surface area contributed by atoms with E-state index in [1.807, 2.05) is 0 Å². The second-order valence-corrected chi connectivity index (χ2v) is 4.08. The summed E-state index contributed by atoms with van der Waals surface area (Å²) in [6, 6.07) is 5.72. The summed E-state index contributed by atoms with van der Waals surface area (Å²) < 4.78 is 9.82. The zero-order valence-corrected chi connectivity index (χ0v) is 11.2. The highest BCUT2D eigenvalue weighted by Gasteiger charge is 2.13. The van der Waals surface area contributed by atoms with E-state index in [-0.39, 0.29) is 5.91 Å². The normalized spacial score (nSPS) is 11.7. The average molecular weight is 282 g/mol. The van der Waals surface area contributed by atoms with Crippen LogP contribution in [0.5, 0.6) is 5.75 Å². The number of nitrogens with one attached hydrogen (secondary N) is 1. The minimum atomic E-state index is -1.05. The summed E-state index contributed by atoms with van der Waals surface area (Å²) in [4.78, 5) is 22.1. The fourth-order valence-corrected chi connectivity index (χ4v) is 1.39. The molecule has 0 bridgehead atoms. The second kappa shape index (κ2) is 8.13. The van der Waals surface area contributed by atoms with E-state index < -0.39 is 18.6 Å². The van der Waals surface area contributed by atoms with Gasteiger partial charge in [-0.1, -0.05) is 0 Å². The molecule has 7 heteroatoms. The van der Waals surface area contributed by atoms with Crippen molar-refractivity contribution in [3.63, 3.8) is 0 Å². The molecule has 1 aromatic rings. The molecule has 0 saturated carbocycles. The van der Waals surface area contributed by atoms with E-state index in [0.717, 1.165) is 0 Å². The lowest BCUT2D eigenvalue weighted by Crippen LogP contribution is -2.36. The zero-order valence-electron chi connectivity index (χ0n) is 11.2. The van der Waals surface area contributed by atoms with E-state index in [4.69, 9.17) is 20.3 Å². The van der Waals surface area contributed by atoms with Gasteiger partial charge >= 0.3 is 5.97 Å². The van der Waals surface area contributed by atoms with E-state index in [1.165, 1.54) is 0 Å². The summed E-state index contributed by atoms with van der Waals surface area (Å²) in [7, 11) is 1.54. The molecular formula is C13H18N2O5. The van der Waals surface area contributed by atoms with Gasteiger partial charge in [-0.05, 0) is 30.7 Å². The molecule has 1 rings (SSSR count). The molecule has 0 saturated heterocycles. The Labute approximate surface area is 116 Å². The number of ether oxygens (including phenoxy) is 2. The number of aliphatic carboxylic acids is 1. The number of hydrogen-bond donors (Lipinski definition) is 3. The van der Waals surface area contributed by atoms with Crippen LogP contribution in [0, 0.1) is 0 Å². The van der Waals surface area contributed by atoms with Crippen molar-refractivity contribution in [2.45, 2.75) is 12.5 Å². The van der Waals surface area contributed by atoms with Crippen LogP contribution in [0.15, 0.2) is 24.3 Å². The molecule has 7 nitrogen and oxygen atoms in total. The minimum absolute atomic E-state index is 0.304. The van der Waals surface area contributed by atoms with Gasteiger partial charge in [0.1, 0.15) is 5.75 Å². The maximum atomic E-state index is 11.7. The van der Waals surface area contributed by atoms with Gasteiger partial charge in [0.15, 0.2) is 6.61 Å². The number of hydrogen-bond acceptors (Lipinski definition) is 5. The summed E-state index contributed by atoms with van der Waals surface area (Å²) in [5.41, 5.74) is 6.24. The van der Waals surface area contributed by atoms with Crippen molar-refractivity contribution in [3.05, 3.63) is 24.3 Å². The molecule has 0 aliphatic heterocycles. The standard InChI is InChI=1S/C13H18N2O5/c1-19-7-6-11(14)13(18)15-9-2-4-10(5-3-9)20-8-12(16)17/h2-5,11H,6-8,14H2,1H3,(H,15,18)(H,16,17). The molecule has 110 valence electrons. The average Bonchev–Trinajstić information content (AvgIpc) is 2.43.